The monoisotopic (exact) mass is 413 g/mol. The van der Waals surface area contributed by atoms with Crippen molar-refractivity contribution < 1.29 is 14.3 Å². The second-order valence-electron chi connectivity index (χ2n) is 6.76. The third kappa shape index (κ3) is 5.13. The van der Waals surface area contributed by atoms with Gasteiger partial charge in [0.1, 0.15) is 0 Å². The number of amides is 2. The molecule has 0 radical (unpaired) electrons. The second kappa shape index (κ2) is 8.91. The molecule has 2 N–H and O–H groups in total. The Morgan fingerprint density at radius 2 is 1.74 bits per heavy atom. The van der Waals surface area contributed by atoms with Crippen molar-refractivity contribution in [3.63, 3.8) is 0 Å². The average molecular weight is 413 g/mol. The lowest BCUT2D eigenvalue weighted by atomic mass is 10.2. The number of carbonyl (C=O) groups excluding carboxylic acids is 2. The van der Waals surface area contributed by atoms with Crippen LogP contribution in [0.1, 0.15) is 15.9 Å². The Morgan fingerprint density at radius 3 is 2.55 bits per heavy atom. The van der Waals surface area contributed by atoms with Crippen LogP contribution in [0.5, 0.6) is 5.75 Å². The maximum atomic E-state index is 12.6. The predicted molar refractivity (Wildman–Crippen MR) is 117 cm³/mol. The van der Waals surface area contributed by atoms with Crippen LogP contribution in [0.25, 0.3) is 5.69 Å². The van der Waals surface area contributed by atoms with Crippen molar-refractivity contribution in [1.29, 1.82) is 0 Å². The summed E-state index contributed by atoms with van der Waals surface area (Å²) in [5.41, 5.74) is 3.30. The molecule has 2 aromatic carbocycles. The molecule has 0 aliphatic heterocycles. The Hall–Kier alpha value is -4.46. The number of nitrogens with one attached hydrogen (secondary N) is 2. The van der Waals surface area contributed by atoms with Crippen LogP contribution < -0.4 is 15.4 Å². The summed E-state index contributed by atoms with van der Waals surface area (Å²) in [6.07, 6.45) is 5.67. The predicted octanol–water partition coefficient (Wildman–Crippen LogP) is 4.44. The van der Waals surface area contributed by atoms with Gasteiger partial charge in [0.2, 0.25) is 0 Å². The number of benzene rings is 2. The number of pyridine rings is 1. The van der Waals surface area contributed by atoms with Crippen molar-refractivity contribution in [2.45, 2.75) is 6.92 Å². The number of para-hydroxylation sites is 1. The summed E-state index contributed by atoms with van der Waals surface area (Å²) in [5.74, 6) is 0.00855. The first-order chi connectivity index (χ1) is 15.1. The first kappa shape index (κ1) is 19.8. The van der Waals surface area contributed by atoms with Crippen LogP contribution in [-0.4, -0.2) is 26.8 Å². The van der Waals surface area contributed by atoms with Crippen molar-refractivity contribution in [1.82, 2.24) is 14.8 Å². The molecular weight excluding hydrogens is 394 g/mol. The molecule has 0 aliphatic rings. The highest BCUT2D eigenvalue weighted by Crippen LogP contribution is 2.17. The van der Waals surface area contributed by atoms with Crippen molar-refractivity contribution in [2.75, 3.05) is 10.6 Å². The van der Waals surface area contributed by atoms with Crippen LogP contribution in [0.4, 0.5) is 16.2 Å². The summed E-state index contributed by atoms with van der Waals surface area (Å²) in [4.78, 5) is 28.7. The van der Waals surface area contributed by atoms with Crippen LogP contribution in [0.2, 0.25) is 0 Å². The number of anilines is 2. The van der Waals surface area contributed by atoms with E-state index in [4.69, 9.17) is 4.74 Å². The molecule has 4 aromatic rings. The van der Waals surface area contributed by atoms with Gasteiger partial charge in [-0.1, -0.05) is 24.3 Å². The third-order valence-corrected chi connectivity index (χ3v) is 4.30. The molecule has 0 unspecified atom stereocenters. The Balaban J connectivity index is 1.44. The highest BCUT2D eigenvalue weighted by Gasteiger charge is 2.11. The molecule has 8 heteroatoms. The zero-order valence-electron chi connectivity index (χ0n) is 16.6. The van der Waals surface area contributed by atoms with Gasteiger partial charge >= 0.3 is 6.09 Å². The van der Waals surface area contributed by atoms with Gasteiger partial charge in [0.15, 0.2) is 5.75 Å². The maximum Gasteiger partial charge on any atom is 0.417 e. The average Bonchev–Trinajstić information content (AvgIpc) is 3.23. The fraction of sp³-hybridized carbons (Fsp3) is 0.0435. The molecule has 0 saturated carbocycles. The molecule has 8 nitrogen and oxygen atoms in total. The number of aromatic nitrogens is 3. The molecule has 0 spiro atoms. The summed E-state index contributed by atoms with van der Waals surface area (Å²) in [7, 11) is 0. The summed E-state index contributed by atoms with van der Waals surface area (Å²) in [6.45, 7) is 1.90. The van der Waals surface area contributed by atoms with Crippen molar-refractivity contribution in [3.05, 3.63) is 96.6 Å². The van der Waals surface area contributed by atoms with Gasteiger partial charge in [-0.15, -0.1) is 0 Å². The normalized spacial score (nSPS) is 10.4. The van der Waals surface area contributed by atoms with Crippen LogP contribution in [0.15, 0.2) is 85.5 Å². The largest absolute Gasteiger partial charge is 0.417 e. The molecule has 2 aromatic heterocycles. The van der Waals surface area contributed by atoms with Gasteiger partial charge in [-0.05, 0) is 48.9 Å². The van der Waals surface area contributed by atoms with Gasteiger partial charge in [0, 0.05) is 17.4 Å². The van der Waals surface area contributed by atoms with Gasteiger partial charge < -0.3 is 10.1 Å². The summed E-state index contributed by atoms with van der Waals surface area (Å²) >= 11 is 0. The first-order valence-corrected chi connectivity index (χ1v) is 9.49. The fourth-order valence-corrected chi connectivity index (χ4v) is 2.89. The zero-order chi connectivity index (χ0) is 21.6. The minimum absolute atomic E-state index is 0.264. The van der Waals surface area contributed by atoms with Gasteiger partial charge in [0.25, 0.3) is 5.91 Å². The quantitative estimate of drug-likeness (QED) is 0.504. The minimum Gasteiger partial charge on any atom is -0.407 e. The van der Waals surface area contributed by atoms with Gasteiger partial charge in [0.05, 0.1) is 30.0 Å². The van der Waals surface area contributed by atoms with Crippen LogP contribution in [0, 0.1) is 6.92 Å². The topological polar surface area (TPSA) is 98.1 Å². The number of rotatable bonds is 5. The number of aryl methyl sites for hydroxylation is 1. The van der Waals surface area contributed by atoms with Crippen molar-refractivity contribution in [2.24, 2.45) is 0 Å². The van der Waals surface area contributed by atoms with E-state index >= 15 is 0 Å². The maximum absolute atomic E-state index is 12.6. The van der Waals surface area contributed by atoms with E-state index in [0.717, 1.165) is 5.56 Å². The third-order valence-electron chi connectivity index (χ3n) is 4.30. The molecule has 154 valence electrons. The second-order valence-corrected chi connectivity index (χ2v) is 6.76. The van der Waals surface area contributed by atoms with Crippen LogP contribution in [-0.2, 0) is 0 Å². The molecule has 0 fully saturated rings. The number of hydrogen-bond donors (Lipinski definition) is 2. The molecule has 4 rings (SSSR count). The highest BCUT2D eigenvalue weighted by molar-refractivity contribution is 6.04. The van der Waals surface area contributed by atoms with E-state index in [1.54, 1.807) is 55.0 Å². The number of carbonyl (C=O) groups is 2. The number of hydrogen-bond acceptors (Lipinski definition) is 5. The lowest BCUT2D eigenvalue weighted by Gasteiger charge is -2.07. The fourth-order valence-electron chi connectivity index (χ4n) is 2.89. The lowest BCUT2D eigenvalue weighted by Crippen LogP contribution is -2.16. The first-order valence-electron chi connectivity index (χ1n) is 9.49. The SMILES string of the molecule is Cc1cncc(NC(=O)c2cccc(-n3cc(OC(=O)Nc4ccccc4)cn3)c2)c1. The highest BCUT2D eigenvalue weighted by atomic mass is 16.6. The van der Waals surface area contributed by atoms with Crippen LogP contribution in [0.3, 0.4) is 0 Å². The van der Waals surface area contributed by atoms with Crippen molar-refractivity contribution >= 4 is 23.4 Å². The van der Waals surface area contributed by atoms with Crippen molar-refractivity contribution in [3.8, 4) is 11.4 Å². The van der Waals surface area contributed by atoms with E-state index in [1.807, 2.05) is 31.2 Å². The van der Waals surface area contributed by atoms with Gasteiger partial charge in [-0.2, -0.15) is 5.10 Å². The van der Waals surface area contributed by atoms with Crippen LogP contribution >= 0.6 is 0 Å². The molecule has 0 atom stereocenters. The summed E-state index contributed by atoms with van der Waals surface area (Å²) in [6, 6.07) is 17.8. The number of ether oxygens (including phenoxy) is 1. The molecule has 0 saturated heterocycles. The minimum atomic E-state index is -0.620. The standard InChI is InChI=1S/C23H19N5O3/c1-16-10-19(13-24-12-16)26-22(29)17-6-5-9-20(11-17)28-15-21(14-25-28)31-23(30)27-18-7-3-2-4-8-18/h2-15H,1H3,(H,26,29)(H,27,30). The molecule has 2 amide bonds. The summed E-state index contributed by atoms with van der Waals surface area (Å²) < 4.78 is 6.79. The van der Waals surface area contributed by atoms with E-state index in [9.17, 15) is 9.59 Å². The Labute approximate surface area is 178 Å². The van der Waals surface area contributed by atoms with E-state index in [1.165, 1.54) is 10.9 Å². The lowest BCUT2D eigenvalue weighted by molar-refractivity contribution is 0.102. The van der Waals surface area contributed by atoms with E-state index in [2.05, 4.69) is 20.7 Å². The molecular formula is C23H19N5O3. The van der Waals surface area contributed by atoms with E-state index in [-0.39, 0.29) is 11.7 Å². The molecule has 31 heavy (non-hydrogen) atoms. The van der Waals surface area contributed by atoms with E-state index < -0.39 is 6.09 Å². The zero-order valence-corrected chi connectivity index (χ0v) is 16.6. The number of nitrogens with zero attached hydrogens (tertiary/aromatic N) is 3. The Bertz CT molecular complexity index is 1220. The summed E-state index contributed by atoms with van der Waals surface area (Å²) in [5, 5.41) is 9.67. The Kier molecular flexibility index (Phi) is 5.70. The molecule has 0 aliphatic carbocycles. The smallest absolute Gasteiger partial charge is 0.407 e. The van der Waals surface area contributed by atoms with E-state index in [0.29, 0.717) is 22.6 Å². The van der Waals surface area contributed by atoms with Gasteiger partial charge in [-0.3, -0.25) is 15.1 Å². The molecule has 2 heterocycles. The van der Waals surface area contributed by atoms with Gasteiger partial charge in [-0.25, -0.2) is 9.48 Å². The molecule has 0 bridgehead atoms. The Morgan fingerprint density at radius 1 is 0.903 bits per heavy atom.